The molecule has 0 aliphatic carbocycles. The van der Waals surface area contributed by atoms with Gasteiger partial charge in [0.15, 0.2) is 0 Å². The highest BCUT2D eigenvalue weighted by Crippen LogP contribution is 2.11. The molecule has 0 unspecified atom stereocenters. The van der Waals surface area contributed by atoms with Crippen LogP contribution in [0.25, 0.3) is 11.4 Å². The van der Waals surface area contributed by atoms with Gasteiger partial charge in [-0.1, -0.05) is 30.3 Å². The van der Waals surface area contributed by atoms with Crippen molar-refractivity contribution in [3.05, 3.63) is 70.4 Å². The van der Waals surface area contributed by atoms with Gasteiger partial charge in [0.1, 0.15) is 11.4 Å². The SMILES string of the molecule is Cn1cc(CNC(=O)c2cnc(-c3ccccc3)[nH]c2=O)cn1. The molecule has 3 rings (SSSR count). The average molecular weight is 309 g/mol. The van der Waals surface area contributed by atoms with Crippen LogP contribution in [-0.4, -0.2) is 25.7 Å². The zero-order valence-corrected chi connectivity index (χ0v) is 12.5. The minimum atomic E-state index is -0.470. The van der Waals surface area contributed by atoms with Crippen LogP contribution in [0.15, 0.2) is 53.7 Å². The Bertz CT molecular complexity index is 883. The van der Waals surface area contributed by atoms with E-state index in [1.165, 1.54) is 6.20 Å². The molecule has 0 fully saturated rings. The first-order valence-electron chi connectivity index (χ1n) is 7.04. The Morgan fingerprint density at radius 3 is 2.70 bits per heavy atom. The third-order valence-electron chi connectivity index (χ3n) is 3.30. The monoisotopic (exact) mass is 309 g/mol. The lowest BCUT2D eigenvalue weighted by atomic mass is 10.2. The number of nitrogens with one attached hydrogen (secondary N) is 2. The molecule has 7 heteroatoms. The quantitative estimate of drug-likeness (QED) is 0.755. The van der Waals surface area contributed by atoms with Crippen LogP contribution < -0.4 is 10.9 Å². The molecule has 0 atom stereocenters. The Morgan fingerprint density at radius 1 is 1.26 bits per heavy atom. The maximum atomic E-state index is 12.1. The van der Waals surface area contributed by atoms with Gasteiger partial charge < -0.3 is 10.3 Å². The van der Waals surface area contributed by atoms with E-state index < -0.39 is 11.5 Å². The number of carbonyl (C=O) groups excluding carboxylic acids is 1. The number of aryl methyl sites for hydroxylation is 1. The van der Waals surface area contributed by atoms with Gasteiger partial charge in [0.05, 0.1) is 6.20 Å². The van der Waals surface area contributed by atoms with Gasteiger partial charge in [0.2, 0.25) is 0 Å². The van der Waals surface area contributed by atoms with Gasteiger partial charge in [0.25, 0.3) is 11.5 Å². The number of benzene rings is 1. The first-order valence-corrected chi connectivity index (χ1v) is 7.04. The van der Waals surface area contributed by atoms with E-state index in [1.807, 2.05) is 30.3 Å². The maximum Gasteiger partial charge on any atom is 0.264 e. The maximum absolute atomic E-state index is 12.1. The van der Waals surface area contributed by atoms with Crippen molar-refractivity contribution in [1.29, 1.82) is 0 Å². The zero-order valence-electron chi connectivity index (χ0n) is 12.5. The molecule has 0 saturated heterocycles. The standard InChI is InChI=1S/C16H15N5O2/c1-21-10-11(8-19-21)7-18-15(22)13-9-17-14(20-16(13)23)12-5-3-2-4-6-12/h2-6,8-10H,7H2,1H3,(H,18,22)(H,17,20,23). The molecular formula is C16H15N5O2. The largest absolute Gasteiger partial charge is 0.348 e. The molecule has 0 aliphatic heterocycles. The van der Waals surface area contributed by atoms with Gasteiger partial charge in [-0.05, 0) is 0 Å². The summed E-state index contributed by atoms with van der Waals surface area (Å²) in [5.41, 5.74) is 1.15. The lowest BCUT2D eigenvalue weighted by Gasteiger charge is -2.04. The highest BCUT2D eigenvalue weighted by molar-refractivity contribution is 5.93. The lowest BCUT2D eigenvalue weighted by Crippen LogP contribution is -2.29. The fourth-order valence-corrected chi connectivity index (χ4v) is 2.14. The molecule has 3 aromatic rings. The Labute approximate surface area is 132 Å². The summed E-state index contributed by atoms with van der Waals surface area (Å²) >= 11 is 0. The third kappa shape index (κ3) is 3.34. The molecule has 23 heavy (non-hydrogen) atoms. The van der Waals surface area contributed by atoms with Gasteiger partial charge in [-0.25, -0.2) is 4.98 Å². The molecule has 7 nitrogen and oxygen atoms in total. The van der Waals surface area contributed by atoms with Crippen LogP contribution in [0.2, 0.25) is 0 Å². The van der Waals surface area contributed by atoms with Crippen LogP contribution >= 0.6 is 0 Å². The molecule has 0 saturated carbocycles. The normalized spacial score (nSPS) is 10.5. The summed E-state index contributed by atoms with van der Waals surface area (Å²) in [7, 11) is 1.79. The summed E-state index contributed by atoms with van der Waals surface area (Å²) in [6, 6.07) is 9.25. The summed E-state index contributed by atoms with van der Waals surface area (Å²) in [5.74, 6) is -0.0402. The Morgan fingerprint density at radius 2 is 2.04 bits per heavy atom. The Kier molecular flexibility index (Phi) is 4.01. The van der Waals surface area contributed by atoms with Crippen LogP contribution in [0.1, 0.15) is 15.9 Å². The van der Waals surface area contributed by atoms with Gasteiger partial charge in [-0.3, -0.25) is 14.3 Å². The van der Waals surface area contributed by atoms with Gasteiger partial charge in [-0.2, -0.15) is 5.10 Å². The Hall–Kier alpha value is -3.22. The first-order chi connectivity index (χ1) is 11.1. The van der Waals surface area contributed by atoms with Crippen LogP contribution in [0.5, 0.6) is 0 Å². The van der Waals surface area contributed by atoms with E-state index in [-0.39, 0.29) is 5.56 Å². The van der Waals surface area contributed by atoms with E-state index in [4.69, 9.17) is 0 Å². The van der Waals surface area contributed by atoms with Crippen molar-refractivity contribution >= 4 is 5.91 Å². The van der Waals surface area contributed by atoms with E-state index in [9.17, 15) is 9.59 Å². The average Bonchev–Trinajstić information content (AvgIpc) is 2.99. The third-order valence-corrected chi connectivity index (χ3v) is 3.30. The minimum absolute atomic E-state index is 0.0198. The van der Waals surface area contributed by atoms with E-state index in [0.717, 1.165) is 11.1 Å². The number of hydrogen-bond acceptors (Lipinski definition) is 4. The van der Waals surface area contributed by atoms with Crippen LogP contribution in [0.3, 0.4) is 0 Å². The van der Waals surface area contributed by atoms with Crippen molar-refractivity contribution in [2.24, 2.45) is 7.05 Å². The number of aromatic amines is 1. The second kappa shape index (κ2) is 6.27. The molecule has 0 aliphatic rings. The van der Waals surface area contributed by atoms with Crippen LogP contribution in [-0.2, 0) is 13.6 Å². The van der Waals surface area contributed by atoms with E-state index >= 15 is 0 Å². The van der Waals surface area contributed by atoms with Gasteiger partial charge in [0, 0.05) is 37.1 Å². The van der Waals surface area contributed by atoms with Crippen LogP contribution in [0.4, 0.5) is 0 Å². The second-order valence-corrected chi connectivity index (χ2v) is 5.05. The van der Waals surface area contributed by atoms with E-state index in [0.29, 0.717) is 12.4 Å². The molecule has 0 radical (unpaired) electrons. The molecule has 116 valence electrons. The minimum Gasteiger partial charge on any atom is -0.348 e. The smallest absolute Gasteiger partial charge is 0.264 e. The van der Waals surface area contributed by atoms with Crippen molar-refractivity contribution in [2.75, 3.05) is 0 Å². The van der Waals surface area contributed by atoms with Crippen molar-refractivity contribution in [1.82, 2.24) is 25.1 Å². The van der Waals surface area contributed by atoms with Crippen molar-refractivity contribution in [3.8, 4) is 11.4 Å². The zero-order chi connectivity index (χ0) is 16.2. The topological polar surface area (TPSA) is 92.7 Å². The molecular weight excluding hydrogens is 294 g/mol. The molecule has 0 spiro atoms. The highest BCUT2D eigenvalue weighted by atomic mass is 16.2. The Balaban J connectivity index is 1.75. The molecule has 1 aromatic carbocycles. The molecule has 2 heterocycles. The predicted octanol–water partition coefficient (Wildman–Crippen LogP) is 1.10. The summed E-state index contributed by atoms with van der Waals surface area (Å²) in [6.45, 7) is 0.298. The number of nitrogens with zero attached hydrogens (tertiary/aromatic N) is 3. The highest BCUT2D eigenvalue weighted by Gasteiger charge is 2.12. The molecule has 2 aromatic heterocycles. The second-order valence-electron chi connectivity index (χ2n) is 5.05. The summed E-state index contributed by atoms with van der Waals surface area (Å²) < 4.78 is 1.64. The number of H-pyrrole nitrogens is 1. The van der Waals surface area contributed by atoms with Gasteiger partial charge >= 0.3 is 0 Å². The van der Waals surface area contributed by atoms with E-state index in [2.05, 4.69) is 20.4 Å². The number of aromatic nitrogens is 4. The molecule has 1 amide bonds. The predicted molar refractivity (Wildman–Crippen MR) is 84.7 cm³/mol. The van der Waals surface area contributed by atoms with Gasteiger partial charge in [-0.15, -0.1) is 0 Å². The summed E-state index contributed by atoms with van der Waals surface area (Å²) in [4.78, 5) is 31.0. The fraction of sp³-hybridized carbons (Fsp3) is 0.125. The molecule has 2 N–H and O–H groups in total. The number of rotatable bonds is 4. The lowest BCUT2D eigenvalue weighted by molar-refractivity contribution is 0.0949. The first kappa shape index (κ1) is 14.7. The fourth-order valence-electron chi connectivity index (χ4n) is 2.14. The van der Waals surface area contributed by atoms with Crippen molar-refractivity contribution in [3.63, 3.8) is 0 Å². The number of amides is 1. The van der Waals surface area contributed by atoms with Crippen molar-refractivity contribution < 1.29 is 4.79 Å². The van der Waals surface area contributed by atoms with E-state index in [1.54, 1.807) is 24.1 Å². The van der Waals surface area contributed by atoms with Crippen molar-refractivity contribution in [2.45, 2.75) is 6.54 Å². The summed E-state index contributed by atoms with van der Waals surface area (Å²) in [5, 5.41) is 6.69. The summed E-state index contributed by atoms with van der Waals surface area (Å²) in [6.07, 6.45) is 4.74. The molecule has 0 bridgehead atoms. The van der Waals surface area contributed by atoms with Crippen LogP contribution in [0, 0.1) is 0 Å². The number of hydrogen-bond donors (Lipinski definition) is 2. The number of carbonyl (C=O) groups is 1.